The van der Waals surface area contributed by atoms with E-state index in [0.29, 0.717) is 0 Å². The number of amides is 1. The summed E-state index contributed by atoms with van der Waals surface area (Å²) in [5.74, 6) is -1.64. The molecule has 0 aliphatic rings. The first kappa shape index (κ1) is 18.7. The number of nitrogens with one attached hydrogen (secondary N) is 1. The number of anilines is 1. The molecular formula is C17H11ClF3N3O3. The van der Waals surface area contributed by atoms with Crippen LogP contribution in [0.15, 0.2) is 42.7 Å². The number of hydrogen-bond acceptors (Lipinski definition) is 3. The van der Waals surface area contributed by atoms with E-state index in [1.54, 1.807) is 0 Å². The van der Waals surface area contributed by atoms with Crippen LogP contribution in [-0.2, 0) is 17.4 Å². The zero-order valence-electron chi connectivity index (χ0n) is 13.4. The summed E-state index contributed by atoms with van der Waals surface area (Å²) in [4.78, 5) is 27.1. The molecule has 2 heterocycles. The lowest BCUT2D eigenvalue weighted by Crippen LogP contribution is -2.15. The van der Waals surface area contributed by atoms with Crippen molar-refractivity contribution in [1.82, 2.24) is 9.38 Å². The first-order valence-electron chi connectivity index (χ1n) is 7.51. The maximum absolute atomic E-state index is 12.8. The fourth-order valence-corrected chi connectivity index (χ4v) is 2.70. The molecule has 27 heavy (non-hydrogen) atoms. The normalized spacial score (nSPS) is 11.6. The molecule has 0 atom stereocenters. The zero-order valence-corrected chi connectivity index (χ0v) is 14.2. The van der Waals surface area contributed by atoms with Crippen LogP contribution in [0.3, 0.4) is 0 Å². The molecule has 3 rings (SSSR count). The van der Waals surface area contributed by atoms with Crippen molar-refractivity contribution in [3.63, 3.8) is 0 Å². The van der Waals surface area contributed by atoms with Crippen LogP contribution < -0.4 is 5.32 Å². The van der Waals surface area contributed by atoms with Crippen LogP contribution >= 0.6 is 11.6 Å². The molecule has 140 valence electrons. The number of aromatic carboxylic acids is 1. The van der Waals surface area contributed by atoms with E-state index in [-0.39, 0.29) is 34.0 Å². The monoisotopic (exact) mass is 397 g/mol. The van der Waals surface area contributed by atoms with E-state index in [2.05, 4.69) is 10.3 Å². The Kier molecular flexibility index (Phi) is 4.79. The lowest BCUT2D eigenvalue weighted by Gasteiger charge is -2.07. The number of nitrogens with zero attached hydrogens (tertiary/aromatic N) is 2. The van der Waals surface area contributed by atoms with Crippen LogP contribution in [-0.4, -0.2) is 26.4 Å². The molecule has 0 bridgehead atoms. The highest BCUT2D eigenvalue weighted by molar-refractivity contribution is 6.33. The third-order valence-corrected chi connectivity index (χ3v) is 3.90. The average molecular weight is 398 g/mol. The third kappa shape index (κ3) is 4.20. The highest BCUT2D eigenvalue weighted by Crippen LogP contribution is 2.32. The largest absolute Gasteiger partial charge is 0.478 e. The molecule has 2 N–H and O–H groups in total. The van der Waals surface area contributed by atoms with Crippen molar-refractivity contribution < 1.29 is 27.9 Å². The summed E-state index contributed by atoms with van der Waals surface area (Å²) in [5, 5.41) is 11.3. The minimum atomic E-state index is -4.56. The van der Waals surface area contributed by atoms with Gasteiger partial charge in [0.05, 0.1) is 28.3 Å². The highest BCUT2D eigenvalue weighted by atomic mass is 35.5. The Morgan fingerprint density at radius 3 is 2.63 bits per heavy atom. The van der Waals surface area contributed by atoms with E-state index in [1.165, 1.54) is 30.5 Å². The van der Waals surface area contributed by atoms with E-state index >= 15 is 0 Å². The van der Waals surface area contributed by atoms with E-state index in [4.69, 9.17) is 16.7 Å². The molecule has 6 nitrogen and oxygen atoms in total. The molecule has 1 aromatic carbocycles. The Bertz CT molecular complexity index is 1050. The summed E-state index contributed by atoms with van der Waals surface area (Å²) in [7, 11) is 0. The van der Waals surface area contributed by atoms with Crippen molar-refractivity contribution in [1.29, 1.82) is 0 Å². The van der Waals surface area contributed by atoms with Gasteiger partial charge in [-0.05, 0) is 24.3 Å². The van der Waals surface area contributed by atoms with Gasteiger partial charge in [-0.15, -0.1) is 0 Å². The number of carbonyl (C=O) groups excluding carboxylic acids is 1. The van der Waals surface area contributed by atoms with Gasteiger partial charge in [0.2, 0.25) is 5.91 Å². The van der Waals surface area contributed by atoms with E-state index in [1.807, 2.05) is 0 Å². The van der Waals surface area contributed by atoms with Crippen LogP contribution in [0.25, 0.3) is 5.65 Å². The minimum Gasteiger partial charge on any atom is -0.478 e. The Morgan fingerprint density at radius 1 is 1.22 bits per heavy atom. The maximum Gasteiger partial charge on any atom is 0.417 e. The molecular weight excluding hydrogens is 387 g/mol. The maximum atomic E-state index is 12.8. The van der Waals surface area contributed by atoms with Crippen LogP contribution in [0.5, 0.6) is 0 Å². The summed E-state index contributed by atoms with van der Waals surface area (Å²) < 4.78 is 39.6. The summed E-state index contributed by atoms with van der Waals surface area (Å²) in [6.07, 6.45) is -2.67. The Morgan fingerprint density at radius 2 is 1.96 bits per heavy atom. The van der Waals surface area contributed by atoms with E-state index < -0.39 is 23.6 Å². The number of halogens is 4. The summed E-state index contributed by atoms with van der Waals surface area (Å²) in [5.41, 5.74) is -0.338. The minimum absolute atomic E-state index is 0.00647. The van der Waals surface area contributed by atoms with E-state index in [0.717, 1.165) is 16.7 Å². The van der Waals surface area contributed by atoms with Crippen molar-refractivity contribution in [2.45, 2.75) is 12.6 Å². The number of imidazole rings is 1. The molecule has 0 fully saturated rings. The second kappa shape index (κ2) is 6.92. The fraction of sp³-hybridized carbons (Fsp3) is 0.118. The Hall–Kier alpha value is -3.07. The van der Waals surface area contributed by atoms with Crippen LogP contribution in [0.4, 0.5) is 18.9 Å². The van der Waals surface area contributed by atoms with Crippen LogP contribution in [0.2, 0.25) is 5.02 Å². The SMILES string of the molecule is O=C(Cc1cn2cc(C(F)(F)F)cc(Cl)c2n1)Nc1cccc(C(=O)O)c1. The van der Waals surface area contributed by atoms with Gasteiger partial charge < -0.3 is 14.8 Å². The first-order valence-corrected chi connectivity index (χ1v) is 7.89. The number of carboxylic acids is 1. The molecule has 0 radical (unpaired) electrons. The van der Waals surface area contributed by atoms with Gasteiger partial charge in [-0.3, -0.25) is 4.79 Å². The van der Waals surface area contributed by atoms with Gasteiger partial charge in [-0.1, -0.05) is 17.7 Å². The molecule has 0 aliphatic heterocycles. The number of rotatable bonds is 4. The quantitative estimate of drug-likeness (QED) is 0.699. The van der Waals surface area contributed by atoms with E-state index in [9.17, 15) is 22.8 Å². The van der Waals surface area contributed by atoms with Crippen LogP contribution in [0, 0.1) is 0 Å². The molecule has 0 aliphatic carbocycles. The Balaban J connectivity index is 1.80. The topological polar surface area (TPSA) is 83.7 Å². The Labute approximate surface area is 155 Å². The molecule has 3 aromatic rings. The van der Waals surface area contributed by atoms with Crippen molar-refractivity contribution >= 4 is 34.8 Å². The molecule has 0 saturated heterocycles. The molecule has 0 saturated carbocycles. The second-order valence-electron chi connectivity index (χ2n) is 5.65. The summed E-state index contributed by atoms with van der Waals surface area (Å²) in [6, 6.07) is 6.42. The average Bonchev–Trinajstić information content (AvgIpc) is 2.97. The first-order chi connectivity index (χ1) is 12.6. The van der Waals surface area contributed by atoms with Crippen molar-refractivity contribution in [2.75, 3.05) is 5.32 Å². The van der Waals surface area contributed by atoms with Gasteiger partial charge >= 0.3 is 12.1 Å². The second-order valence-corrected chi connectivity index (χ2v) is 6.06. The molecule has 2 aromatic heterocycles. The predicted molar refractivity (Wildman–Crippen MR) is 90.9 cm³/mol. The molecule has 0 spiro atoms. The lowest BCUT2D eigenvalue weighted by molar-refractivity contribution is -0.137. The van der Waals surface area contributed by atoms with Gasteiger partial charge in [0, 0.05) is 18.1 Å². The van der Waals surface area contributed by atoms with Gasteiger partial charge in [-0.2, -0.15) is 13.2 Å². The summed E-state index contributed by atoms with van der Waals surface area (Å²) >= 11 is 5.86. The number of hydrogen-bond donors (Lipinski definition) is 2. The number of pyridine rings is 1. The van der Waals surface area contributed by atoms with Crippen molar-refractivity contribution in [2.24, 2.45) is 0 Å². The third-order valence-electron chi connectivity index (χ3n) is 3.62. The van der Waals surface area contributed by atoms with Crippen molar-refractivity contribution in [3.8, 4) is 0 Å². The smallest absolute Gasteiger partial charge is 0.417 e. The van der Waals surface area contributed by atoms with Gasteiger partial charge in [0.25, 0.3) is 0 Å². The number of benzene rings is 1. The molecule has 1 amide bonds. The number of alkyl halides is 3. The number of carbonyl (C=O) groups is 2. The van der Waals surface area contributed by atoms with Crippen molar-refractivity contribution in [3.05, 3.63) is 64.6 Å². The van der Waals surface area contributed by atoms with Crippen LogP contribution in [0.1, 0.15) is 21.6 Å². The highest BCUT2D eigenvalue weighted by Gasteiger charge is 2.32. The lowest BCUT2D eigenvalue weighted by atomic mass is 10.2. The van der Waals surface area contributed by atoms with Gasteiger partial charge in [-0.25, -0.2) is 9.78 Å². The van der Waals surface area contributed by atoms with Gasteiger partial charge in [0.15, 0.2) is 5.65 Å². The molecule has 10 heteroatoms. The summed E-state index contributed by atoms with van der Waals surface area (Å²) in [6.45, 7) is 0. The van der Waals surface area contributed by atoms with Gasteiger partial charge in [0.1, 0.15) is 0 Å². The zero-order chi connectivity index (χ0) is 19.8. The number of fused-ring (bicyclic) bond motifs is 1. The predicted octanol–water partition coefficient (Wildman–Crippen LogP) is 3.89. The number of aromatic nitrogens is 2. The molecule has 0 unspecified atom stereocenters. The fourth-order valence-electron chi connectivity index (χ4n) is 2.45. The standard InChI is InChI=1S/C17H11ClF3N3O3/c18-13-5-10(17(19,20)21)7-24-8-12(23-15(13)24)6-14(25)22-11-3-1-2-9(4-11)16(26)27/h1-5,7-8H,6H2,(H,22,25)(H,26,27). The number of carboxylic acid groups (broad SMARTS) is 1.